The summed E-state index contributed by atoms with van der Waals surface area (Å²) in [5, 5.41) is 11.0. The molecule has 0 fully saturated rings. The minimum atomic E-state index is -0.353. The molecule has 1 rings (SSSR count). The molecule has 13 heavy (non-hydrogen) atoms. The van der Waals surface area contributed by atoms with Crippen LogP contribution in [0.4, 0.5) is 0 Å². The summed E-state index contributed by atoms with van der Waals surface area (Å²) >= 11 is 8.80. The van der Waals surface area contributed by atoms with Crippen LogP contribution in [0.25, 0.3) is 0 Å². The van der Waals surface area contributed by atoms with Gasteiger partial charge in [-0.25, -0.2) is 0 Å². The molecule has 1 aromatic rings. The van der Waals surface area contributed by atoms with Crippen LogP contribution in [0.3, 0.4) is 0 Å². The van der Waals surface area contributed by atoms with Gasteiger partial charge in [0.2, 0.25) is 0 Å². The highest BCUT2D eigenvalue weighted by molar-refractivity contribution is 9.10. The van der Waals surface area contributed by atoms with E-state index >= 15 is 0 Å². The van der Waals surface area contributed by atoms with Crippen molar-refractivity contribution in [1.29, 1.82) is 5.26 Å². The van der Waals surface area contributed by atoms with E-state index in [-0.39, 0.29) is 12.5 Å². The molecule has 0 aliphatic carbocycles. The Balaban J connectivity index is 2.73. The molecule has 0 spiro atoms. The molecule has 0 unspecified atom stereocenters. The van der Waals surface area contributed by atoms with Crippen molar-refractivity contribution in [3.63, 3.8) is 0 Å². The molecular weight excluding hydrogens is 257 g/mol. The molecule has 1 aromatic heterocycles. The van der Waals surface area contributed by atoms with Crippen molar-refractivity contribution in [1.82, 2.24) is 10.3 Å². The molecule has 0 atom stereocenters. The van der Waals surface area contributed by atoms with Crippen LogP contribution < -0.4 is 5.32 Å². The molecule has 2 N–H and O–H groups in total. The van der Waals surface area contributed by atoms with Crippen LogP contribution in [-0.4, -0.2) is 17.4 Å². The van der Waals surface area contributed by atoms with Gasteiger partial charge < -0.3 is 10.3 Å². The molecule has 68 valence electrons. The largest absolute Gasteiger partial charge is 0.344 e. The summed E-state index contributed by atoms with van der Waals surface area (Å²) in [4.78, 5) is 13.9. The molecule has 0 aliphatic rings. The van der Waals surface area contributed by atoms with E-state index in [1.165, 1.54) is 6.07 Å². The topological polar surface area (TPSA) is 68.7 Å². The molecule has 0 radical (unpaired) electrons. The molecule has 0 saturated carbocycles. The van der Waals surface area contributed by atoms with Crippen LogP contribution in [0.1, 0.15) is 10.5 Å². The highest BCUT2D eigenvalue weighted by Crippen LogP contribution is 2.22. The summed E-state index contributed by atoms with van der Waals surface area (Å²) in [6, 6.07) is 3.28. The lowest BCUT2D eigenvalue weighted by atomic mass is 10.4. The predicted molar refractivity (Wildman–Crippen MR) is 51.4 cm³/mol. The van der Waals surface area contributed by atoms with Crippen LogP contribution in [0.5, 0.6) is 0 Å². The van der Waals surface area contributed by atoms with E-state index in [0.717, 1.165) is 0 Å². The Labute approximate surface area is 88.0 Å². The maximum atomic E-state index is 11.2. The van der Waals surface area contributed by atoms with Crippen LogP contribution in [0.15, 0.2) is 10.7 Å². The number of nitrogens with zero attached hydrogens (tertiary/aromatic N) is 1. The van der Waals surface area contributed by atoms with Gasteiger partial charge in [0.25, 0.3) is 5.91 Å². The zero-order valence-corrected chi connectivity index (χ0v) is 8.74. The summed E-state index contributed by atoms with van der Waals surface area (Å²) in [5.41, 5.74) is 0.326. The smallest absolute Gasteiger partial charge is 0.268 e. The Morgan fingerprint density at radius 1 is 1.85 bits per heavy atom. The summed E-state index contributed by atoms with van der Waals surface area (Å²) in [6.45, 7) is -0.0207. The lowest BCUT2D eigenvalue weighted by Crippen LogP contribution is -2.23. The second kappa shape index (κ2) is 4.30. The Hall–Kier alpha value is -0.990. The maximum absolute atomic E-state index is 11.2. The van der Waals surface area contributed by atoms with E-state index in [9.17, 15) is 4.79 Å². The fraction of sp³-hybridized carbons (Fsp3) is 0.143. The van der Waals surface area contributed by atoms with Gasteiger partial charge in [-0.2, -0.15) is 5.26 Å². The SMILES string of the molecule is N#CCNC(=O)c1cc(Cl)c(Br)[nH]1. The van der Waals surface area contributed by atoms with Gasteiger partial charge in [0.05, 0.1) is 11.1 Å². The fourth-order valence-corrected chi connectivity index (χ4v) is 1.23. The standard InChI is InChI=1S/C7H5BrClN3O/c8-6-4(9)3-5(12-6)7(13)11-2-1-10/h3,12H,2H2,(H,11,13). The summed E-state index contributed by atoms with van der Waals surface area (Å²) < 4.78 is 0.552. The minimum Gasteiger partial charge on any atom is -0.344 e. The predicted octanol–water partition coefficient (Wildman–Crippen LogP) is 1.68. The molecule has 6 heteroatoms. The average molecular weight is 262 g/mol. The number of aromatic amines is 1. The molecule has 1 amide bonds. The third-order valence-electron chi connectivity index (χ3n) is 1.30. The number of amides is 1. The molecule has 0 saturated heterocycles. The lowest BCUT2D eigenvalue weighted by Gasteiger charge is -1.95. The number of hydrogen-bond donors (Lipinski definition) is 2. The Morgan fingerprint density at radius 3 is 3.00 bits per heavy atom. The first-order valence-electron chi connectivity index (χ1n) is 3.34. The zero-order chi connectivity index (χ0) is 9.84. The first-order chi connectivity index (χ1) is 6.15. The van der Waals surface area contributed by atoms with Gasteiger partial charge >= 0.3 is 0 Å². The highest BCUT2D eigenvalue weighted by atomic mass is 79.9. The van der Waals surface area contributed by atoms with Gasteiger partial charge in [0.1, 0.15) is 16.8 Å². The number of halogens is 2. The molecular formula is C7H5BrClN3O. The number of hydrogen-bond acceptors (Lipinski definition) is 2. The van der Waals surface area contributed by atoms with Crippen molar-refractivity contribution in [2.24, 2.45) is 0 Å². The summed E-state index contributed by atoms with van der Waals surface area (Å²) in [7, 11) is 0. The van der Waals surface area contributed by atoms with E-state index in [2.05, 4.69) is 26.2 Å². The molecule has 4 nitrogen and oxygen atoms in total. The van der Waals surface area contributed by atoms with Gasteiger partial charge in [-0.05, 0) is 22.0 Å². The number of nitriles is 1. The quantitative estimate of drug-likeness (QED) is 0.796. The first kappa shape index (κ1) is 10.1. The van der Waals surface area contributed by atoms with Gasteiger partial charge in [-0.15, -0.1) is 0 Å². The van der Waals surface area contributed by atoms with Crippen LogP contribution in [0.2, 0.25) is 5.02 Å². The number of rotatable bonds is 2. The lowest BCUT2D eigenvalue weighted by molar-refractivity contribution is 0.0954. The number of carbonyl (C=O) groups excluding carboxylic acids is 1. The van der Waals surface area contributed by atoms with E-state index in [0.29, 0.717) is 15.3 Å². The summed E-state index contributed by atoms with van der Waals surface area (Å²) in [5.74, 6) is -0.353. The maximum Gasteiger partial charge on any atom is 0.268 e. The number of H-pyrrole nitrogens is 1. The van der Waals surface area contributed by atoms with Crippen LogP contribution in [-0.2, 0) is 0 Å². The van der Waals surface area contributed by atoms with Crippen molar-refractivity contribution in [2.45, 2.75) is 0 Å². The van der Waals surface area contributed by atoms with E-state index < -0.39 is 0 Å². The summed E-state index contributed by atoms with van der Waals surface area (Å²) in [6.07, 6.45) is 0. The van der Waals surface area contributed by atoms with Crippen molar-refractivity contribution in [3.8, 4) is 6.07 Å². The van der Waals surface area contributed by atoms with Crippen molar-refractivity contribution >= 4 is 33.4 Å². The van der Waals surface area contributed by atoms with Crippen LogP contribution >= 0.6 is 27.5 Å². The number of nitrogens with one attached hydrogen (secondary N) is 2. The number of carbonyl (C=O) groups is 1. The highest BCUT2D eigenvalue weighted by Gasteiger charge is 2.09. The third-order valence-corrected chi connectivity index (χ3v) is 2.45. The molecule has 1 heterocycles. The first-order valence-corrected chi connectivity index (χ1v) is 4.51. The van der Waals surface area contributed by atoms with Gasteiger partial charge in [0.15, 0.2) is 0 Å². The number of aromatic nitrogens is 1. The normalized spacial score (nSPS) is 9.31. The molecule has 0 aliphatic heterocycles. The van der Waals surface area contributed by atoms with Gasteiger partial charge in [-0.3, -0.25) is 4.79 Å². The van der Waals surface area contributed by atoms with Crippen molar-refractivity contribution in [3.05, 3.63) is 21.4 Å². The van der Waals surface area contributed by atoms with E-state index in [1.54, 1.807) is 6.07 Å². The Morgan fingerprint density at radius 2 is 2.54 bits per heavy atom. The van der Waals surface area contributed by atoms with E-state index in [4.69, 9.17) is 16.9 Å². The average Bonchev–Trinajstić information content (AvgIpc) is 2.43. The van der Waals surface area contributed by atoms with Crippen molar-refractivity contribution < 1.29 is 4.79 Å². The van der Waals surface area contributed by atoms with Crippen LogP contribution in [0, 0.1) is 11.3 Å². The second-order valence-electron chi connectivity index (χ2n) is 2.19. The Bertz CT molecular complexity index is 349. The Kier molecular flexibility index (Phi) is 3.34. The monoisotopic (exact) mass is 261 g/mol. The van der Waals surface area contributed by atoms with Gasteiger partial charge in [-0.1, -0.05) is 11.6 Å². The van der Waals surface area contributed by atoms with Crippen molar-refractivity contribution in [2.75, 3.05) is 6.54 Å². The third kappa shape index (κ3) is 2.47. The minimum absolute atomic E-state index is 0.0207. The molecule has 0 bridgehead atoms. The van der Waals surface area contributed by atoms with E-state index in [1.807, 2.05) is 0 Å². The second-order valence-corrected chi connectivity index (χ2v) is 3.39. The fourth-order valence-electron chi connectivity index (χ4n) is 0.741. The molecule has 0 aromatic carbocycles. The zero-order valence-electron chi connectivity index (χ0n) is 6.40. The van der Waals surface area contributed by atoms with Gasteiger partial charge in [0, 0.05) is 0 Å².